The quantitative estimate of drug-likeness (QED) is 0.476. The Balaban J connectivity index is 0.00000300. The van der Waals surface area contributed by atoms with Gasteiger partial charge in [-0.25, -0.2) is 0 Å². The highest BCUT2D eigenvalue weighted by atomic mass is 35.5. The van der Waals surface area contributed by atoms with Crippen LogP contribution in [-0.2, 0) is 0 Å². The first-order valence-electron chi connectivity index (χ1n) is 10.2. The first kappa shape index (κ1) is 23.4. The van der Waals surface area contributed by atoms with E-state index in [1.165, 1.54) is 0 Å². The van der Waals surface area contributed by atoms with Gasteiger partial charge in [-0.2, -0.15) is 0 Å². The van der Waals surface area contributed by atoms with Crippen LogP contribution in [0.1, 0.15) is 48.2 Å². The number of anilines is 1. The van der Waals surface area contributed by atoms with Crippen LogP contribution in [0.15, 0.2) is 54.6 Å². The largest absolute Gasteiger partial charge is 1.00 e. The van der Waals surface area contributed by atoms with Crippen LogP contribution in [0.3, 0.4) is 0 Å². The minimum Gasteiger partial charge on any atom is -1.00 e. The molecular formula is C23H31ClN2O3. The van der Waals surface area contributed by atoms with Gasteiger partial charge in [0, 0.05) is 24.3 Å². The number of carbonyl (C=O) groups is 1. The number of nitrogens with two attached hydrogens (primary N) is 1. The number of aliphatic hydroxyl groups excluding tert-OH is 2. The molecule has 0 spiro atoms. The number of aliphatic hydroxyl groups is 2. The van der Waals surface area contributed by atoms with Gasteiger partial charge in [-0.1, -0.05) is 30.3 Å². The van der Waals surface area contributed by atoms with E-state index in [2.05, 4.69) is 4.90 Å². The zero-order chi connectivity index (χ0) is 19.9. The molecule has 0 aliphatic carbocycles. The maximum atomic E-state index is 12.5. The fraction of sp³-hybridized carbons (Fsp3) is 0.435. The number of piperidine rings is 1. The molecule has 4 N–H and O–H groups in total. The fourth-order valence-electron chi connectivity index (χ4n) is 3.75. The molecule has 2 aromatic rings. The molecule has 1 aliphatic heterocycles. The minimum absolute atomic E-state index is 0. The predicted octanol–water partition coefficient (Wildman–Crippen LogP) is -1.09. The van der Waals surface area contributed by atoms with Crippen molar-refractivity contribution in [1.29, 1.82) is 0 Å². The van der Waals surface area contributed by atoms with Gasteiger partial charge in [-0.3, -0.25) is 4.79 Å². The lowest BCUT2D eigenvalue weighted by Crippen LogP contribution is -3.00. The van der Waals surface area contributed by atoms with Crippen LogP contribution in [0.4, 0.5) is 5.69 Å². The third-order valence-corrected chi connectivity index (χ3v) is 5.50. The van der Waals surface area contributed by atoms with Crippen LogP contribution in [0.2, 0.25) is 0 Å². The predicted molar refractivity (Wildman–Crippen MR) is 110 cm³/mol. The molecule has 6 heteroatoms. The van der Waals surface area contributed by atoms with Gasteiger partial charge in [0.25, 0.3) is 0 Å². The van der Waals surface area contributed by atoms with E-state index in [-0.39, 0.29) is 30.3 Å². The minimum atomic E-state index is -0.546. The van der Waals surface area contributed by atoms with Crippen molar-refractivity contribution in [1.82, 2.24) is 0 Å². The van der Waals surface area contributed by atoms with Crippen molar-refractivity contribution < 1.29 is 32.7 Å². The van der Waals surface area contributed by atoms with E-state index < -0.39 is 6.10 Å². The lowest BCUT2D eigenvalue weighted by Gasteiger charge is -2.32. The highest BCUT2D eigenvalue weighted by Gasteiger charge is 2.20. The van der Waals surface area contributed by atoms with Crippen LogP contribution in [0.5, 0.6) is 0 Å². The number of hydrogen-bond acceptors (Lipinski definition) is 4. The number of ketones is 1. The van der Waals surface area contributed by atoms with Gasteiger partial charge in [-0.05, 0) is 49.6 Å². The standard InChI is InChI=1S/C23H30N2O3.ClH/c1-17(23(28)19-6-3-2-4-7-19)24-14-13-22(27)18-9-11-20(12-10-18)25-15-5-8-21(26)16-25;/h2-4,6-7,9-12,17,21,23-24,26,28H,5,8,13-16H2,1H3;1H. The molecule has 1 fully saturated rings. The Labute approximate surface area is 179 Å². The summed E-state index contributed by atoms with van der Waals surface area (Å²) in [5.74, 6) is 0.114. The highest BCUT2D eigenvalue weighted by Crippen LogP contribution is 2.21. The summed E-state index contributed by atoms with van der Waals surface area (Å²) in [5.41, 5.74) is 2.67. The van der Waals surface area contributed by atoms with Crippen LogP contribution in [0, 0.1) is 0 Å². The second-order valence-corrected chi connectivity index (χ2v) is 7.70. The molecule has 5 nitrogen and oxygen atoms in total. The molecule has 158 valence electrons. The number of halogens is 1. The number of carbonyl (C=O) groups excluding carboxylic acids is 1. The zero-order valence-electron chi connectivity index (χ0n) is 16.9. The van der Waals surface area contributed by atoms with Crippen molar-refractivity contribution in [2.45, 2.75) is 44.4 Å². The second-order valence-electron chi connectivity index (χ2n) is 7.70. The lowest BCUT2D eigenvalue weighted by molar-refractivity contribution is -0.693. The topological polar surface area (TPSA) is 77.4 Å². The summed E-state index contributed by atoms with van der Waals surface area (Å²) in [5, 5.41) is 22.3. The molecule has 0 aromatic heterocycles. The van der Waals surface area contributed by atoms with Crippen molar-refractivity contribution in [3.63, 3.8) is 0 Å². The summed E-state index contributed by atoms with van der Waals surface area (Å²) in [6.07, 6.45) is 1.48. The molecule has 1 saturated heterocycles. The molecule has 1 heterocycles. The number of rotatable bonds is 8. The molecule has 29 heavy (non-hydrogen) atoms. The van der Waals surface area contributed by atoms with Gasteiger partial charge in [0.1, 0.15) is 12.1 Å². The molecule has 3 unspecified atom stereocenters. The number of Topliss-reactive ketones (excluding diaryl/α,β-unsaturated/α-hetero) is 1. The van der Waals surface area contributed by atoms with Crippen molar-refractivity contribution in [3.8, 4) is 0 Å². The monoisotopic (exact) mass is 418 g/mol. The zero-order valence-corrected chi connectivity index (χ0v) is 17.6. The Hall–Kier alpha value is -1.92. The molecule has 0 bridgehead atoms. The van der Waals surface area contributed by atoms with E-state index in [4.69, 9.17) is 0 Å². The molecule has 3 atom stereocenters. The van der Waals surface area contributed by atoms with Gasteiger partial charge in [0.05, 0.1) is 19.1 Å². The van der Waals surface area contributed by atoms with E-state index in [9.17, 15) is 15.0 Å². The Kier molecular flexibility index (Phi) is 9.11. The lowest BCUT2D eigenvalue weighted by atomic mass is 10.0. The van der Waals surface area contributed by atoms with Crippen LogP contribution in [-0.4, -0.2) is 47.8 Å². The maximum Gasteiger partial charge on any atom is 0.168 e. The summed E-state index contributed by atoms with van der Waals surface area (Å²) in [6, 6.07) is 17.3. The second kappa shape index (κ2) is 11.3. The van der Waals surface area contributed by atoms with Crippen LogP contribution in [0.25, 0.3) is 0 Å². The van der Waals surface area contributed by atoms with Gasteiger partial charge in [-0.15, -0.1) is 0 Å². The number of nitrogens with zero attached hydrogens (tertiary/aromatic N) is 1. The molecule has 2 aromatic carbocycles. The number of hydrogen-bond donors (Lipinski definition) is 3. The van der Waals surface area contributed by atoms with Gasteiger partial charge in [0.15, 0.2) is 5.78 Å². The van der Waals surface area contributed by atoms with Gasteiger partial charge in [0.2, 0.25) is 0 Å². The summed E-state index contributed by atoms with van der Waals surface area (Å²) < 4.78 is 0. The molecule has 0 radical (unpaired) electrons. The average Bonchev–Trinajstić information content (AvgIpc) is 2.73. The molecule has 3 rings (SSSR count). The van der Waals surface area contributed by atoms with Gasteiger partial charge >= 0.3 is 0 Å². The maximum absolute atomic E-state index is 12.5. The van der Waals surface area contributed by atoms with E-state index in [0.717, 1.165) is 30.6 Å². The SMILES string of the molecule is CC([NH2+]CCC(=O)c1ccc(N2CCCC(O)C2)cc1)C(O)c1ccccc1.[Cl-]. The van der Waals surface area contributed by atoms with Crippen molar-refractivity contribution in [2.75, 3.05) is 24.5 Å². The number of benzene rings is 2. The third kappa shape index (κ3) is 6.54. The Morgan fingerprint density at radius 2 is 1.86 bits per heavy atom. The van der Waals surface area contributed by atoms with E-state index in [1.807, 2.05) is 66.8 Å². The molecule has 0 amide bonds. The number of quaternary nitrogens is 1. The normalized spacial score (nSPS) is 18.6. The van der Waals surface area contributed by atoms with Crippen LogP contribution >= 0.6 is 0 Å². The Morgan fingerprint density at radius 1 is 1.17 bits per heavy atom. The van der Waals surface area contributed by atoms with Crippen LogP contribution < -0.4 is 22.6 Å². The first-order chi connectivity index (χ1) is 13.5. The first-order valence-corrected chi connectivity index (χ1v) is 10.2. The molecule has 0 saturated carbocycles. The summed E-state index contributed by atoms with van der Waals surface area (Å²) in [4.78, 5) is 14.6. The smallest absolute Gasteiger partial charge is 0.168 e. The van der Waals surface area contributed by atoms with Crippen molar-refractivity contribution in [2.24, 2.45) is 0 Å². The molecular weight excluding hydrogens is 388 g/mol. The third-order valence-electron chi connectivity index (χ3n) is 5.50. The molecule has 1 aliphatic rings. The van der Waals surface area contributed by atoms with Crippen molar-refractivity contribution in [3.05, 3.63) is 65.7 Å². The Bertz CT molecular complexity index is 754. The van der Waals surface area contributed by atoms with Gasteiger partial charge < -0.3 is 32.8 Å². The fourth-order valence-corrected chi connectivity index (χ4v) is 3.75. The van der Waals surface area contributed by atoms with Crippen molar-refractivity contribution >= 4 is 11.5 Å². The highest BCUT2D eigenvalue weighted by molar-refractivity contribution is 5.96. The van der Waals surface area contributed by atoms with E-state index in [1.54, 1.807) is 0 Å². The average molecular weight is 419 g/mol. The Morgan fingerprint density at radius 3 is 2.52 bits per heavy atom. The van der Waals surface area contributed by atoms with E-state index >= 15 is 0 Å². The summed E-state index contributed by atoms with van der Waals surface area (Å²) in [6.45, 7) is 4.22. The number of β-amino-alcohol motifs (C(OH)–C–C–N with tert-alkyl or cyclic N) is 1. The van der Waals surface area contributed by atoms with E-state index in [0.29, 0.717) is 25.1 Å². The summed E-state index contributed by atoms with van der Waals surface area (Å²) in [7, 11) is 0. The summed E-state index contributed by atoms with van der Waals surface area (Å²) >= 11 is 0.